The molecule has 0 N–H and O–H groups in total. The summed E-state index contributed by atoms with van der Waals surface area (Å²) in [7, 11) is 0. The van der Waals surface area contributed by atoms with E-state index in [0.29, 0.717) is 29.8 Å². The van der Waals surface area contributed by atoms with Crippen molar-refractivity contribution < 1.29 is 9.26 Å². The Labute approximate surface area is 126 Å². The van der Waals surface area contributed by atoms with Gasteiger partial charge in [0.1, 0.15) is 12.0 Å². The first-order chi connectivity index (χ1) is 10.7. The lowest BCUT2D eigenvalue weighted by molar-refractivity contribution is 0.192. The summed E-state index contributed by atoms with van der Waals surface area (Å²) in [5.41, 5.74) is 1.63. The Bertz CT molecular complexity index is 803. The molecule has 22 heavy (non-hydrogen) atoms. The molecule has 8 heteroatoms. The lowest BCUT2D eigenvalue weighted by atomic mass is 10.1. The molecule has 8 nitrogen and oxygen atoms in total. The lowest BCUT2D eigenvalue weighted by Gasteiger charge is -2.07. The summed E-state index contributed by atoms with van der Waals surface area (Å²) in [5.74, 6) is 2.11. The van der Waals surface area contributed by atoms with Gasteiger partial charge in [-0.25, -0.2) is 9.50 Å². The fraction of sp³-hybridized carbons (Fsp3) is 0.500. The SMILES string of the molecule is CC(C)c1cc(-c2nc([C@H]3CCOC3)no2)nc2ncnn12. The summed E-state index contributed by atoms with van der Waals surface area (Å²) < 4.78 is 12.5. The van der Waals surface area contributed by atoms with Gasteiger partial charge in [-0.1, -0.05) is 19.0 Å². The molecule has 0 spiro atoms. The minimum atomic E-state index is 0.207. The molecule has 0 amide bonds. The summed E-state index contributed by atoms with van der Waals surface area (Å²) in [6.07, 6.45) is 2.42. The Balaban J connectivity index is 1.77. The molecule has 3 aromatic heterocycles. The van der Waals surface area contributed by atoms with Crippen molar-refractivity contribution in [2.45, 2.75) is 32.1 Å². The molecule has 1 aliphatic heterocycles. The molecule has 1 aliphatic rings. The second-order valence-electron chi connectivity index (χ2n) is 5.71. The van der Waals surface area contributed by atoms with Gasteiger partial charge in [0.05, 0.1) is 12.3 Å². The first kappa shape index (κ1) is 13.3. The Morgan fingerprint density at radius 2 is 2.23 bits per heavy atom. The van der Waals surface area contributed by atoms with E-state index in [-0.39, 0.29) is 11.8 Å². The monoisotopic (exact) mass is 300 g/mol. The van der Waals surface area contributed by atoms with Crippen molar-refractivity contribution in [3.05, 3.63) is 23.9 Å². The number of hydrogen-bond donors (Lipinski definition) is 0. The summed E-state index contributed by atoms with van der Waals surface area (Å²) in [6.45, 7) is 5.58. The van der Waals surface area contributed by atoms with Gasteiger partial charge in [0.2, 0.25) is 0 Å². The van der Waals surface area contributed by atoms with Gasteiger partial charge in [-0.2, -0.15) is 15.1 Å². The topological polar surface area (TPSA) is 91.2 Å². The van der Waals surface area contributed by atoms with Crippen LogP contribution in [0.25, 0.3) is 17.4 Å². The van der Waals surface area contributed by atoms with Gasteiger partial charge in [-0.05, 0) is 18.4 Å². The molecule has 1 fully saturated rings. The average Bonchev–Trinajstić information content (AvgIpc) is 3.24. The first-order valence-corrected chi connectivity index (χ1v) is 7.35. The minimum absolute atomic E-state index is 0.207. The van der Waals surface area contributed by atoms with Crippen LogP contribution in [0.3, 0.4) is 0 Å². The predicted octanol–water partition coefficient (Wildman–Crippen LogP) is 1.80. The van der Waals surface area contributed by atoms with Gasteiger partial charge >= 0.3 is 0 Å². The van der Waals surface area contributed by atoms with E-state index < -0.39 is 0 Å². The number of aromatic nitrogens is 6. The third kappa shape index (κ3) is 2.16. The van der Waals surface area contributed by atoms with Gasteiger partial charge in [0.15, 0.2) is 5.82 Å². The maximum Gasteiger partial charge on any atom is 0.276 e. The zero-order chi connectivity index (χ0) is 15.1. The summed E-state index contributed by atoms with van der Waals surface area (Å²) >= 11 is 0. The van der Waals surface area contributed by atoms with E-state index >= 15 is 0 Å². The maximum absolute atomic E-state index is 5.39. The lowest BCUT2D eigenvalue weighted by Crippen LogP contribution is -2.04. The van der Waals surface area contributed by atoms with E-state index in [0.717, 1.165) is 18.7 Å². The van der Waals surface area contributed by atoms with Gasteiger partial charge in [-0.3, -0.25) is 0 Å². The van der Waals surface area contributed by atoms with Crippen LogP contribution in [0.15, 0.2) is 16.9 Å². The molecule has 4 heterocycles. The zero-order valence-electron chi connectivity index (χ0n) is 12.4. The highest BCUT2D eigenvalue weighted by Gasteiger charge is 2.24. The molecular formula is C14H16N6O2. The zero-order valence-corrected chi connectivity index (χ0v) is 12.4. The van der Waals surface area contributed by atoms with Crippen LogP contribution in [0.2, 0.25) is 0 Å². The normalized spacial score (nSPS) is 18.6. The van der Waals surface area contributed by atoms with Crippen LogP contribution in [0.5, 0.6) is 0 Å². The van der Waals surface area contributed by atoms with E-state index in [1.165, 1.54) is 6.33 Å². The average molecular weight is 300 g/mol. The molecule has 114 valence electrons. The van der Waals surface area contributed by atoms with Crippen LogP contribution in [-0.2, 0) is 4.74 Å². The number of rotatable bonds is 3. The second-order valence-corrected chi connectivity index (χ2v) is 5.71. The molecule has 0 unspecified atom stereocenters. The highest BCUT2D eigenvalue weighted by molar-refractivity contribution is 5.51. The molecule has 4 rings (SSSR count). The molecule has 0 radical (unpaired) electrons. The van der Waals surface area contributed by atoms with E-state index in [1.54, 1.807) is 4.52 Å². The molecule has 1 atom stereocenters. The van der Waals surface area contributed by atoms with Crippen LogP contribution in [0.4, 0.5) is 0 Å². The molecule has 0 aliphatic carbocycles. The van der Waals surface area contributed by atoms with Crippen LogP contribution in [0, 0.1) is 0 Å². The van der Waals surface area contributed by atoms with Crippen LogP contribution < -0.4 is 0 Å². The van der Waals surface area contributed by atoms with Gasteiger partial charge in [-0.15, -0.1) is 0 Å². The Morgan fingerprint density at radius 1 is 1.32 bits per heavy atom. The quantitative estimate of drug-likeness (QED) is 0.728. The van der Waals surface area contributed by atoms with Crippen molar-refractivity contribution in [1.29, 1.82) is 0 Å². The van der Waals surface area contributed by atoms with Crippen molar-refractivity contribution in [3.8, 4) is 11.6 Å². The number of fused-ring (bicyclic) bond motifs is 1. The molecule has 0 saturated carbocycles. The Kier molecular flexibility index (Phi) is 3.11. The highest BCUT2D eigenvalue weighted by atomic mass is 16.5. The summed E-state index contributed by atoms with van der Waals surface area (Å²) in [6, 6.07) is 1.93. The summed E-state index contributed by atoms with van der Waals surface area (Å²) in [5, 5.41) is 8.27. The van der Waals surface area contributed by atoms with E-state index in [4.69, 9.17) is 9.26 Å². The van der Waals surface area contributed by atoms with Crippen molar-refractivity contribution in [3.63, 3.8) is 0 Å². The number of ether oxygens (including phenoxy) is 1. The molecule has 3 aromatic rings. The Morgan fingerprint density at radius 3 is 3.00 bits per heavy atom. The first-order valence-electron chi connectivity index (χ1n) is 7.35. The fourth-order valence-electron chi connectivity index (χ4n) is 2.60. The smallest absolute Gasteiger partial charge is 0.276 e. The summed E-state index contributed by atoms with van der Waals surface area (Å²) in [4.78, 5) is 13.1. The third-order valence-corrected chi connectivity index (χ3v) is 3.83. The van der Waals surface area contributed by atoms with E-state index in [2.05, 4.69) is 39.1 Å². The second kappa shape index (κ2) is 5.13. The van der Waals surface area contributed by atoms with Crippen molar-refractivity contribution in [2.75, 3.05) is 13.2 Å². The van der Waals surface area contributed by atoms with Crippen molar-refractivity contribution >= 4 is 5.78 Å². The molecule has 0 aromatic carbocycles. The van der Waals surface area contributed by atoms with Crippen molar-refractivity contribution in [1.82, 2.24) is 29.7 Å². The van der Waals surface area contributed by atoms with E-state index in [9.17, 15) is 0 Å². The van der Waals surface area contributed by atoms with Crippen LogP contribution >= 0.6 is 0 Å². The number of nitrogens with zero attached hydrogens (tertiary/aromatic N) is 6. The molecule has 0 bridgehead atoms. The fourth-order valence-corrected chi connectivity index (χ4v) is 2.60. The van der Waals surface area contributed by atoms with Crippen LogP contribution in [-0.4, -0.2) is 42.9 Å². The van der Waals surface area contributed by atoms with Gasteiger partial charge in [0, 0.05) is 12.5 Å². The third-order valence-electron chi connectivity index (χ3n) is 3.83. The van der Waals surface area contributed by atoms with Crippen LogP contribution in [0.1, 0.15) is 43.6 Å². The predicted molar refractivity (Wildman–Crippen MR) is 76.3 cm³/mol. The van der Waals surface area contributed by atoms with Gasteiger partial charge in [0.25, 0.3) is 11.7 Å². The Hall–Kier alpha value is -2.35. The van der Waals surface area contributed by atoms with Crippen molar-refractivity contribution in [2.24, 2.45) is 0 Å². The molecule has 1 saturated heterocycles. The largest absolute Gasteiger partial charge is 0.381 e. The maximum atomic E-state index is 5.39. The number of hydrogen-bond acceptors (Lipinski definition) is 7. The highest BCUT2D eigenvalue weighted by Crippen LogP contribution is 2.26. The van der Waals surface area contributed by atoms with Gasteiger partial charge < -0.3 is 9.26 Å². The molecular weight excluding hydrogens is 284 g/mol. The standard InChI is InChI=1S/C14H16N6O2/c1-8(2)11-5-10(17-14-15-7-16-20(11)14)13-18-12(19-22-13)9-3-4-21-6-9/h5,7-9H,3-4,6H2,1-2H3/t9-/m0/s1. The van der Waals surface area contributed by atoms with E-state index in [1.807, 2.05) is 6.07 Å². The minimum Gasteiger partial charge on any atom is -0.381 e.